The number of hydrogen-bond acceptors (Lipinski definition) is 4. The van der Waals surface area contributed by atoms with Crippen LogP contribution in [0.25, 0.3) is 0 Å². The van der Waals surface area contributed by atoms with Gasteiger partial charge in [-0.05, 0) is 36.5 Å². The molecule has 1 saturated heterocycles. The lowest BCUT2D eigenvalue weighted by Crippen LogP contribution is -2.37. The van der Waals surface area contributed by atoms with Crippen LogP contribution in [0, 0.1) is 5.92 Å². The van der Waals surface area contributed by atoms with E-state index in [0.29, 0.717) is 12.5 Å². The van der Waals surface area contributed by atoms with Crippen LogP contribution in [0.3, 0.4) is 0 Å². The number of benzene rings is 1. The minimum Gasteiger partial charge on any atom is -0.493 e. The molecule has 1 unspecified atom stereocenters. The summed E-state index contributed by atoms with van der Waals surface area (Å²) >= 11 is 0. The smallest absolute Gasteiger partial charge is 0.191 e. The number of ether oxygens (including phenoxy) is 3. The summed E-state index contributed by atoms with van der Waals surface area (Å²) in [6, 6.07) is 8.17. The maximum Gasteiger partial charge on any atom is 0.191 e. The predicted octanol–water partition coefficient (Wildman–Crippen LogP) is 2.58. The van der Waals surface area contributed by atoms with Crippen LogP contribution in [0.1, 0.15) is 32.3 Å². The monoisotopic (exact) mass is 363 g/mol. The van der Waals surface area contributed by atoms with E-state index in [9.17, 15) is 0 Å². The third-order valence-corrected chi connectivity index (χ3v) is 4.02. The van der Waals surface area contributed by atoms with E-state index in [1.807, 2.05) is 12.1 Å². The van der Waals surface area contributed by atoms with Gasteiger partial charge in [0.2, 0.25) is 0 Å². The Morgan fingerprint density at radius 1 is 1.35 bits per heavy atom. The van der Waals surface area contributed by atoms with Gasteiger partial charge in [-0.2, -0.15) is 0 Å². The molecule has 6 heteroatoms. The van der Waals surface area contributed by atoms with Crippen molar-refractivity contribution in [2.75, 3.05) is 40.0 Å². The number of aliphatic imine (C=N–C) groups is 1. The summed E-state index contributed by atoms with van der Waals surface area (Å²) in [7, 11) is 1.78. The first-order valence-corrected chi connectivity index (χ1v) is 9.53. The zero-order valence-corrected chi connectivity index (χ0v) is 16.3. The van der Waals surface area contributed by atoms with Crippen LogP contribution >= 0.6 is 0 Å². The third kappa shape index (κ3) is 8.06. The van der Waals surface area contributed by atoms with Gasteiger partial charge in [0.05, 0.1) is 19.3 Å². The Kier molecular flexibility index (Phi) is 9.28. The molecule has 0 bridgehead atoms. The van der Waals surface area contributed by atoms with E-state index in [1.165, 1.54) is 5.56 Å². The summed E-state index contributed by atoms with van der Waals surface area (Å²) in [6.45, 7) is 8.85. The summed E-state index contributed by atoms with van der Waals surface area (Å²) in [4.78, 5) is 4.26. The van der Waals surface area contributed by atoms with Crippen molar-refractivity contribution in [1.82, 2.24) is 10.6 Å². The van der Waals surface area contributed by atoms with Gasteiger partial charge >= 0.3 is 0 Å². The van der Waals surface area contributed by atoms with Gasteiger partial charge in [0.25, 0.3) is 0 Å². The van der Waals surface area contributed by atoms with Crippen LogP contribution in [0.2, 0.25) is 0 Å². The van der Waals surface area contributed by atoms with E-state index >= 15 is 0 Å². The molecule has 0 aromatic heterocycles. The molecule has 1 aliphatic rings. The molecule has 0 radical (unpaired) electrons. The molecule has 6 nitrogen and oxygen atoms in total. The van der Waals surface area contributed by atoms with Crippen molar-refractivity contribution in [3.05, 3.63) is 29.8 Å². The highest BCUT2D eigenvalue weighted by Crippen LogP contribution is 2.14. The first kappa shape index (κ1) is 20.5. The largest absolute Gasteiger partial charge is 0.493 e. The van der Waals surface area contributed by atoms with Crippen LogP contribution < -0.4 is 15.4 Å². The van der Waals surface area contributed by atoms with Gasteiger partial charge in [0.1, 0.15) is 5.75 Å². The highest BCUT2D eigenvalue weighted by atomic mass is 16.5. The lowest BCUT2D eigenvalue weighted by atomic mass is 10.2. The zero-order chi connectivity index (χ0) is 18.6. The van der Waals surface area contributed by atoms with Gasteiger partial charge in [-0.1, -0.05) is 26.0 Å². The minimum absolute atomic E-state index is 0.276. The van der Waals surface area contributed by atoms with E-state index < -0.39 is 0 Å². The van der Waals surface area contributed by atoms with Crippen LogP contribution in [0.5, 0.6) is 5.75 Å². The molecular weight excluding hydrogens is 330 g/mol. The van der Waals surface area contributed by atoms with Crippen molar-refractivity contribution in [1.29, 1.82) is 0 Å². The van der Waals surface area contributed by atoms with E-state index in [0.717, 1.165) is 57.5 Å². The highest BCUT2D eigenvalue weighted by molar-refractivity contribution is 5.79. The Morgan fingerprint density at radius 3 is 2.96 bits per heavy atom. The number of hydrogen-bond donors (Lipinski definition) is 2. The molecule has 0 saturated carbocycles. The quantitative estimate of drug-likeness (QED) is 0.380. The molecule has 26 heavy (non-hydrogen) atoms. The Bertz CT molecular complexity index is 543. The fraction of sp³-hybridized carbons (Fsp3) is 0.650. The van der Waals surface area contributed by atoms with Crippen molar-refractivity contribution in [2.45, 2.75) is 39.3 Å². The molecule has 1 aromatic carbocycles. The minimum atomic E-state index is 0.276. The van der Waals surface area contributed by atoms with Gasteiger partial charge < -0.3 is 24.8 Å². The number of guanidine groups is 1. The summed E-state index contributed by atoms with van der Waals surface area (Å²) in [6.07, 6.45) is 2.23. The molecule has 0 amide bonds. The number of nitrogens with zero attached hydrogens (tertiary/aromatic N) is 1. The van der Waals surface area contributed by atoms with E-state index in [2.05, 4.69) is 41.6 Å². The number of nitrogens with one attached hydrogen (secondary N) is 2. The molecular formula is C20H33N3O3. The molecule has 1 aliphatic heterocycles. The van der Waals surface area contributed by atoms with Crippen LogP contribution in [-0.2, 0) is 16.0 Å². The topological polar surface area (TPSA) is 64.1 Å². The van der Waals surface area contributed by atoms with Crippen LogP contribution in [-0.4, -0.2) is 52.1 Å². The Balaban J connectivity index is 1.63. The molecule has 1 aromatic rings. The standard InChI is InChI=1S/C20H33N3O3/c1-16(2)14-26-18-7-4-6-17(12-18)13-23-20(21-3)22-9-5-10-25-19-8-11-24-15-19/h4,6-7,12,16,19H,5,8-11,13-15H2,1-3H3,(H2,21,22,23). The molecule has 1 fully saturated rings. The first-order valence-electron chi connectivity index (χ1n) is 9.53. The average molecular weight is 364 g/mol. The normalized spacial score (nSPS) is 17.5. The fourth-order valence-electron chi connectivity index (χ4n) is 2.59. The molecule has 2 rings (SSSR count). The van der Waals surface area contributed by atoms with E-state index in [-0.39, 0.29) is 6.10 Å². The fourth-order valence-corrected chi connectivity index (χ4v) is 2.59. The predicted molar refractivity (Wildman–Crippen MR) is 105 cm³/mol. The molecule has 146 valence electrons. The summed E-state index contributed by atoms with van der Waals surface area (Å²) in [5.74, 6) is 2.22. The van der Waals surface area contributed by atoms with Crippen molar-refractivity contribution in [3.8, 4) is 5.75 Å². The Hall–Kier alpha value is -1.79. The maximum atomic E-state index is 5.78. The van der Waals surface area contributed by atoms with Crippen molar-refractivity contribution < 1.29 is 14.2 Å². The first-order chi connectivity index (χ1) is 12.7. The van der Waals surface area contributed by atoms with Gasteiger partial charge in [-0.15, -0.1) is 0 Å². The van der Waals surface area contributed by atoms with Gasteiger partial charge in [-0.25, -0.2) is 0 Å². The number of rotatable bonds is 10. The van der Waals surface area contributed by atoms with E-state index in [1.54, 1.807) is 7.05 Å². The molecule has 2 N–H and O–H groups in total. The lowest BCUT2D eigenvalue weighted by molar-refractivity contribution is 0.0420. The summed E-state index contributed by atoms with van der Waals surface area (Å²) in [5.41, 5.74) is 1.17. The maximum absolute atomic E-state index is 5.78. The molecule has 1 atom stereocenters. The Labute approximate surface area is 157 Å². The molecule has 0 spiro atoms. The molecule has 1 heterocycles. The second kappa shape index (κ2) is 11.8. The van der Waals surface area contributed by atoms with Gasteiger partial charge in [-0.3, -0.25) is 4.99 Å². The summed E-state index contributed by atoms with van der Waals surface area (Å²) < 4.78 is 16.8. The van der Waals surface area contributed by atoms with Crippen molar-refractivity contribution in [2.24, 2.45) is 10.9 Å². The third-order valence-electron chi connectivity index (χ3n) is 4.02. The second-order valence-corrected chi connectivity index (χ2v) is 6.91. The summed E-state index contributed by atoms with van der Waals surface area (Å²) in [5, 5.41) is 6.65. The van der Waals surface area contributed by atoms with Crippen molar-refractivity contribution in [3.63, 3.8) is 0 Å². The van der Waals surface area contributed by atoms with Crippen LogP contribution in [0.15, 0.2) is 29.3 Å². The molecule has 0 aliphatic carbocycles. The SMILES string of the molecule is CN=C(NCCCOC1CCOC1)NCc1cccc(OCC(C)C)c1. The lowest BCUT2D eigenvalue weighted by Gasteiger charge is -2.14. The van der Waals surface area contributed by atoms with Crippen LogP contribution in [0.4, 0.5) is 0 Å². The highest BCUT2D eigenvalue weighted by Gasteiger charge is 2.15. The van der Waals surface area contributed by atoms with E-state index in [4.69, 9.17) is 14.2 Å². The van der Waals surface area contributed by atoms with Gasteiger partial charge in [0, 0.05) is 33.4 Å². The Morgan fingerprint density at radius 2 is 2.23 bits per heavy atom. The van der Waals surface area contributed by atoms with Crippen molar-refractivity contribution >= 4 is 5.96 Å². The van der Waals surface area contributed by atoms with Gasteiger partial charge in [0.15, 0.2) is 5.96 Å². The average Bonchev–Trinajstić information content (AvgIpc) is 3.16. The second-order valence-electron chi connectivity index (χ2n) is 6.91. The zero-order valence-electron chi connectivity index (χ0n) is 16.3.